The Morgan fingerprint density at radius 1 is 1.17 bits per heavy atom. The number of ether oxygens (including phenoxy) is 3. The Kier molecular flexibility index (Phi) is 6.71. The number of morpholine rings is 1. The number of aromatic amines is 1. The minimum atomic E-state index is -0.115. The van der Waals surface area contributed by atoms with Crippen LogP contribution in [0.4, 0.5) is 0 Å². The Balaban J connectivity index is 1.49. The Bertz CT molecular complexity index is 958. The fraction of sp³-hybridized carbons (Fsp3) is 0.524. The second kappa shape index (κ2) is 9.63. The normalized spacial score (nSPS) is 16.4. The van der Waals surface area contributed by atoms with E-state index < -0.39 is 0 Å². The Morgan fingerprint density at radius 2 is 1.90 bits per heavy atom. The van der Waals surface area contributed by atoms with Crippen molar-refractivity contribution in [2.24, 2.45) is 0 Å². The number of fused-ring (bicyclic) bond motifs is 2. The first kappa shape index (κ1) is 20.9. The van der Waals surface area contributed by atoms with Crippen LogP contribution in [0.25, 0.3) is 10.9 Å². The largest absolute Gasteiger partial charge is 0.486 e. The fourth-order valence-electron chi connectivity index (χ4n) is 3.83. The quantitative estimate of drug-likeness (QED) is 0.662. The molecular formula is C21H28N4O4S. The molecule has 0 atom stereocenters. The van der Waals surface area contributed by atoms with E-state index in [4.69, 9.17) is 26.4 Å². The van der Waals surface area contributed by atoms with Gasteiger partial charge in [0, 0.05) is 50.2 Å². The highest BCUT2D eigenvalue weighted by Crippen LogP contribution is 2.33. The molecule has 4 rings (SSSR count). The van der Waals surface area contributed by atoms with Crippen molar-refractivity contribution in [1.29, 1.82) is 0 Å². The van der Waals surface area contributed by atoms with Gasteiger partial charge in [0.25, 0.3) is 5.56 Å². The van der Waals surface area contributed by atoms with Crippen molar-refractivity contribution in [3.63, 3.8) is 0 Å². The molecule has 2 aromatic rings. The van der Waals surface area contributed by atoms with Gasteiger partial charge in [0.1, 0.15) is 13.2 Å². The van der Waals surface area contributed by atoms with Crippen molar-refractivity contribution in [3.8, 4) is 11.5 Å². The number of thiocarbonyl (C=S) groups is 1. The average molecular weight is 433 g/mol. The Labute approximate surface area is 181 Å². The van der Waals surface area contributed by atoms with E-state index in [1.807, 2.05) is 30.1 Å². The zero-order valence-corrected chi connectivity index (χ0v) is 18.1. The van der Waals surface area contributed by atoms with Crippen LogP contribution < -0.4 is 20.3 Å². The van der Waals surface area contributed by atoms with Crippen molar-refractivity contribution in [2.75, 3.05) is 59.7 Å². The molecule has 0 amide bonds. The molecule has 8 nitrogen and oxygen atoms in total. The predicted molar refractivity (Wildman–Crippen MR) is 120 cm³/mol. The summed E-state index contributed by atoms with van der Waals surface area (Å²) in [5.41, 5.74) is 1.29. The van der Waals surface area contributed by atoms with Crippen LogP contribution in [0.5, 0.6) is 11.5 Å². The van der Waals surface area contributed by atoms with Crippen molar-refractivity contribution in [1.82, 2.24) is 20.1 Å². The van der Waals surface area contributed by atoms with Gasteiger partial charge in [0.2, 0.25) is 0 Å². The van der Waals surface area contributed by atoms with Gasteiger partial charge in [-0.1, -0.05) is 0 Å². The molecule has 30 heavy (non-hydrogen) atoms. The molecule has 3 heterocycles. The molecule has 1 saturated heterocycles. The van der Waals surface area contributed by atoms with Crippen LogP contribution in [0.3, 0.4) is 0 Å². The molecule has 0 radical (unpaired) electrons. The maximum atomic E-state index is 12.7. The van der Waals surface area contributed by atoms with Crippen molar-refractivity contribution >= 4 is 28.2 Å². The summed E-state index contributed by atoms with van der Waals surface area (Å²) in [6, 6.07) is 5.66. The number of hydrogen-bond acceptors (Lipinski definition) is 6. The molecule has 2 N–H and O–H groups in total. The summed E-state index contributed by atoms with van der Waals surface area (Å²) in [6.07, 6.45) is 0.964. The van der Waals surface area contributed by atoms with Gasteiger partial charge in [0.05, 0.1) is 25.3 Å². The first-order chi connectivity index (χ1) is 14.6. The molecule has 1 aromatic carbocycles. The summed E-state index contributed by atoms with van der Waals surface area (Å²) in [5, 5.41) is 4.60. The van der Waals surface area contributed by atoms with E-state index in [1.54, 1.807) is 0 Å². The SMILES string of the molecule is CNC(=S)N(CCCN1CCOCC1)Cc1cc2cc3c(cc2[nH]c1=O)OCCO3. The third-order valence-electron chi connectivity index (χ3n) is 5.45. The van der Waals surface area contributed by atoms with E-state index in [-0.39, 0.29) is 5.56 Å². The van der Waals surface area contributed by atoms with E-state index >= 15 is 0 Å². The van der Waals surface area contributed by atoms with Gasteiger partial charge >= 0.3 is 0 Å². The predicted octanol–water partition coefficient (Wildman–Crippen LogP) is 1.33. The maximum Gasteiger partial charge on any atom is 0.253 e. The highest BCUT2D eigenvalue weighted by atomic mass is 32.1. The van der Waals surface area contributed by atoms with Gasteiger partial charge in [-0.05, 0) is 30.8 Å². The molecule has 1 aromatic heterocycles. The number of nitrogens with zero attached hydrogens (tertiary/aromatic N) is 2. The maximum absolute atomic E-state index is 12.7. The molecule has 0 unspecified atom stereocenters. The van der Waals surface area contributed by atoms with Crippen LogP contribution in [-0.2, 0) is 11.3 Å². The lowest BCUT2D eigenvalue weighted by atomic mass is 10.1. The summed E-state index contributed by atoms with van der Waals surface area (Å²) >= 11 is 5.50. The van der Waals surface area contributed by atoms with E-state index in [0.717, 1.165) is 56.7 Å². The van der Waals surface area contributed by atoms with Gasteiger partial charge in [-0.25, -0.2) is 0 Å². The summed E-state index contributed by atoms with van der Waals surface area (Å²) in [4.78, 5) is 20.2. The third-order valence-corrected chi connectivity index (χ3v) is 5.91. The highest BCUT2D eigenvalue weighted by molar-refractivity contribution is 7.80. The molecule has 0 saturated carbocycles. The number of aromatic nitrogens is 1. The van der Waals surface area contributed by atoms with Crippen molar-refractivity contribution < 1.29 is 14.2 Å². The van der Waals surface area contributed by atoms with E-state index in [1.165, 1.54) is 0 Å². The lowest BCUT2D eigenvalue weighted by molar-refractivity contribution is 0.0367. The van der Waals surface area contributed by atoms with Crippen LogP contribution in [0.1, 0.15) is 12.0 Å². The minimum absolute atomic E-state index is 0.115. The second-order valence-corrected chi connectivity index (χ2v) is 7.88. The standard InChI is InChI=1S/C21H28N4O4S/c1-22-21(30)25(4-2-3-24-5-7-27-8-6-24)14-16-11-15-12-18-19(29-10-9-28-18)13-17(15)23-20(16)26/h11-13H,2-10,14H2,1H3,(H,22,30)(H,23,26). The molecular weight excluding hydrogens is 404 g/mol. The zero-order chi connectivity index (χ0) is 20.9. The second-order valence-electron chi connectivity index (χ2n) is 7.49. The average Bonchev–Trinajstić information content (AvgIpc) is 2.77. The molecule has 0 bridgehead atoms. The fourth-order valence-corrected chi connectivity index (χ4v) is 3.99. The topological polar surface area (TPSA) is 79.1 Å². The van der Waals surface area contributed by atoms with E-state index in [0.29, 0.717) is 41.9 Å². The van der Waals surface area contributed by atoms with Crippen LogP contribution in [0, 0.1) is 0 Å². The summed E-state index contributed by atoms with van der Waals surface area (Å²) in [5.74, 6) is 1.37. The minimum Gasteiger partial charge on any atom is -0.486 e. The molecule has 2 aliphatic heterocycles. The summed E-state index contributed by atoms with van der Waals surface area (Å²) in [6.45, 7) is 6.78. The lowest BCUT2D eigenvalue weighted by Gasteiger charge is -2.29. The van der Waals surface area contributed by atoms with E-state index in [2.05, 4.69) is 15.2 Å². The Hall–Kier alpha value is -2.36. The van der Waals surface area contributed by atoms with E-state index in [9.17, 15) is 4.79 Å². The summed E-state index contributed by atoms with van der Waals surface area (Å²) < 4.78 is 16.7. The molecule has 1 fully saturated rings. The number of nitrogens with one attached hydrogen (secondary N) is 2. The van der Waals surface area contributed by atoms with Crippen LogP contribution in [0.15, 0.2) is 23.0 Å². The van der Waals surface area contributed by atoms with Crippen molar-refractivity contribution in [3.05, 3.63) is 34.1 Å². The third kappa shape index (κ3) is 4.85. The van der Waals surface area contributed by atoms with Gasteiger partial charge in [-0.2, -0.15) is 0 Å². The van der Waals surface area contributed by atoms with Gasteiger partial charge in [-0.3, -0.25) is 9.69 Å². The first-order valence-electron chi connectivity index (χ1n) is 10.4. The first-order valence-corrected chi connectivity index (χ1v) is 10.8. The molecule has 0 spiro atoms. The number of hydrogen-bond donors (Lipinski definition) is 2. The zero-order valence-electron chi connectivity index (χ0n) is 17.2. The van der Waals surface area contributed by atoms with Crippen molar-refractivity contribution in [2.45, 2.75) is 13.0 Å². The van der Waals surface area contributed by atoms with Crippen LogP contribution >= 0.6 is 12.2 Å². The smallest absolute Gasteiger partial charge is 0.253 e. The summed E-state index contributed by atoms with van der Waals surface area (Å²) in [7, 11) is 1.81. The monoisotopic (exact) mass is 432 g/mol. The van der Waals surface area contributed by atoms with Crippen LogP contribution in [-0.4, -0.2) is 79.6 Å². The number of pyridine rings is 1. The van der Waals surface area contributed by atoms with Gasteiger partial charge in [-0.15, -0.1) is 0 Å². The number of benzene rings is 1. The molecule has 0 aliphatic carbocycles. The molecule has 9 heteroatoms. The highest BCUT2D eigenvalue weighted by Gasteiger charge is 2.17. The number of rotatable bonds is 6. The molecule has 2 aliphatic rings. The molecule has 162 valence electrons. The lowest BCUT2D eigenvalue weighted by Crippen LogP contribution is -2.41. The van der Waals surface area contributed by atoms with Gasteiger partial charge < -0.3 is 29.4 Å². The van der Waals surface area contributed by atoms with Crippen LogP contribution in [0.2, 0.25) is 0 Å². The van der Waals surface area contributed by atoms with Gasteiger partial charge in [0.15, 0.2) is 16.6 Å². The Morgan fingerprint density at radius 3 is 2.63 bits per heavy atom. The number of H-pyrrole nitrogens is 1.